The van der Waals surface area contributed by atoms with E-state index >= 15 is 0 Å². The Morgan fingerprint density at radius 1 is 1.47 bits per heavy atom. The summed E-state index contributed by atoms with van der Waals surface area (Å²) in [5, 5.41) is 18.1. The summed E-state index contributed by atoms with van der Waals surface area (Å²) >= 11 is 0. The Morgan fingerprint density at radius 2 is 2.21 bits per heavy atom. The van der Waals surface area contributed by atoms with Gasteiger partial charge in [0.2, 0.25) is 0 Å². The zero-order valence-electron chi connectivity index (χ0n) is 10.8. The van der Waals surface area contributed by atoms with Gasteiger partial charge in [0.05, 0.1) is 0 Å². The second kappa shape index (κ2) is 5.71. The van der Waals surface area contributed by atoms with Gasteiger partial charge in [0.1, 0.15) is 5.82 Å². The number of amides is 1. The smallest absolute Gasteiger partial charge is 0.423 e. The molecule has 0 spiro atoms. The number of hydrogen-bond donors (Lipinski definition) is 2. The fraction of sp³-hybridized carbons (Fsp3) is 0.462. The average molecular weight is 265 g/mol. The lowest BCUT2D eigenvalue weighted by atomic mass is 9.79. The van der Waals surface area contributed by atoms with Gasteiger partial charge in [-0.15, -0.1) is 0 Å². The van der Waals surface area contributed by atoms with Crippen molar-refractivity contribution in [3.63, 3.8) is 0 Å². The van der Waals surface area contributed by atoms with E-state index in [2.05, 4.69) is 6.92 Å². The van der Waals surface area contributed by atoms with Crippen molar-refractivity contribution in [3.8, 4) is 0 Å². The highest BCUT2D eigenvalue weighted by atomic mass is 19.1. The molecule has 1 unspecified atom stereocenters. The lowest BCUT2D eigenvalue weighted by Gasteiger charge is -2.31. The summed E-state index contributed by atoms with van der Waals surface area (Å²) in [7, 11) is -1.91. The van der Waals surface area contributed by atoms with E-state index in [4.69, 9.17) is 10.0 Å². The first-order chi connectivity index (χ1) is 8.99. The number of carbonyl (C=O) groups excluding carboxylic acids is 1. The third-order valence-corrected chi connectivity index (χ3v) is 3.47. The molecule has 1 atom stereocenters. The molecule has 0 aliphatic carbocycles. The monoisotopic (exact) mass is 265 g/mol. The third kappa shape index (κ3) is 3.14. The van der Waals surface area contributed by atoms with Gasteiger partial charge in [0.15, 0.2) is 0 Å². The number of hydrogen-bond acceptors (Lipinski definition) is 3. The van der Waals surface area contributed by atoms with Gasteiger partial charge in [0, 0.05) is 24.1 Å². The average Bonchev–Trinajstić information content (AvgIpc) is 2.38. The van der Waals surface area contributed by atoms with Crippen molar-refractivity contribution in [2.45, 2.75) is 19.8 Å². The molecule has 1 aliphatic rings. The van der Waals surface area contributed by atoms with Crippen LogP contribution in [0.15, 0.2) is 18.2 Å². The van der Waals surface area contributed by atoms with Gasteiger partial charge in [0.25, 0.3) is 5.91 Å². The zero-order valence-corrected chi connectivity index (χ0v) is 10.8. The van der Waals surface area contributed by atoms with Crippen LogP contribution >= 0.6 is 0 Å². The number of halogens is 1. The maximum atomic E-state index is 13.3. The minimum atomic E-state index is -1.91. The Balaban J connectivity index is 2.21. The predicted octanol–water partition coefficient (Wildman–Crippen LogP) is 0.378. The molecule has 6 heteroatoms. The molecule has 2 N–H and O–H groups in total. The largest absolute Gasteiger partial charge is 0.491 e. The molecular weight excluding hydrogens is 248 g/mol. The molecule has 1 saturated heterocycles. The van der Waals surface area contributed by atoms with Crippen molar-refractivity contribution in [3.05, 3.63) is 29.6 Å². The van der Waals surface area contributed by atoms with Crippen molar-refractivity contribution in [2.24, 2.45) is 5.92 Å². The molecule has 0 saturated carbocycles. The van der Waals surface area contributed by atoms with Gasteiger partial charge in [-0.25, -0.2) is 4.39 Å². The van der Waals surface area contributed by atoms with Crippen LogP contribution in [0.1, 0.15) is 30.1 Å². The first-order valence-corrected chi connectivity index (χ1v) is 6.44. The van der Waals surface area contributed by atoms with Gasteiger partial charge in [-0.05, 0) is 37.0 Å². The van der Waals surface area contributed by atoms with E-state index in [1.54, 1.807) is 4.90 Å². The normalized spacial score (nSPS) is 19.4. The third-order valence-electron chi connectivity index (χ3n) is 3.47. The van der Waals surface area contributed by atoms with Crippen LogP contribution < -0.4 is 5.46 Å². The molecule has 1 aliphatic heterocycles. The van der Waals surface area contributed by atoms with Crippen LogP contribution in [-0.4, -0.2) is 41.1 Å². The van der Waals surface area contributed by atoms with E-state index in [0.29, 0.717) is 24.6 Å². The van der Waals surface area contributed by atoms with Gasteiger partial charge < -0.3 is 14.9 Å². The lowest BCUT2D eigenvalue weighted by Crippen LogP contribution is -2.40. The zero-order chi connectivity index (χ0) is 14.0. The van der Waals surface area contributed by atoms with Crippen molar-refractivity contribution in [1.82, 2.24) is 4.90 Å². The summed E-state index contributed by atoms with van der Waals surface area (Å²) in [4.78, 5) is 14.0. The molecule has 1 heterocycles. The van der Waals surface area contributed by atoms with Crippen molar-refractivity contribution < 1.29 is 19.2 Å². The summed E-state index contributed by atoms with van der Waals surface area (Å²) in [6.07, 6.45) is 2.07. The van der Waals surface area contributed by atoms with Crippen LogP contribution in [0.3, 0.4) is 0 Å². The van der Waals surface area contributed by atoms with E-state index in [1.807, 2.05) is 0 Å². The summed E-state index contributed by atoms with van der Waals surface area (Å²) in [5.74, 6) is -0.451. The number of nitrogens with zero attached hydrogens (tertiary/aromatic N) is 1. The van der Waals surface area contributed by atoms with Crippen LogP contribution in [0.4, 0.5) is 4.39 Å². The minimum Gasteiger partial charge on any atom is -0.423 e. The molecule has 1 fully saturated rings. The first-order valence-electron chi connectivity index (χ1n) is 6.44. The van der Waals surface area contributed by atoms with Crippen molar-refractivity contribution >= 4 is 18.5 Å². The molecule has 19 heavy (non-hydrogen) atoms. The van der Waals surface area contributed by atoms with Crippen LogP contribution in [0, 0.1) is 11.7 Å². The standard InChI is InChI=1S/C13H17BFNO3/c1-9-3-2-6-16(8-9)13(17)10-4-5-12(15)11(7-10)14(18)19/h4-5,7,9,18-19H,2-3,6,8H2,1H3. The Labute approximate surface area is 112 Å². The second-order valence-corrected chi connectivity index (χ2v) is 5.11. The highest BCUT2D eigenvalue weighted by Crippen LogP contribution is 2.17. The maximum Gasteiger partial charge on any atom is 0.491 e. The van der Waals surface area contributed by atoms with E-state index in [9.17, 15) is 9.18 Å². The van der Waals surface area contributed by atoms with E-state index in [1.165, 1.54) is 12.1 Å². The molecule has 1 amide bonds. The highest BCUT2D eigenvalue weighted by Gasteiger charge is 2.24. The predicted molar refractivity (Wildman–Crippen MR) is 70.5 cm³/mol. The van der Waals surface area contributed by atoms with E-state index < -0.39 is 12.9 Å². The van der Waals surface area contributed by atoms with Gasteiger partial charge in [-0.3, -0.25) is 4.79 Å². The first kappa shape index (κ1) is 14.0. The summed E-state index contributed by atoms with van der Waals surface area (Å²) in [6.45, 7) is 3.47. The molecular formula is C13H17BFNO3. The quantitative estimate of drug-likeness (QED) is 0.760. The number of carbonyl (C=O) groups is 1. The molecule has 0 radical (unpaired) electrons. The van der Waals surface area contributed by atoms with Crippen LogP contribution in [0.25, 0.3) is 0 Å². The van der Waals surface area contributed by atoms with E-state index in [0.717, 1.165) is 18.9 Å². The fourth-order valence-corrected chi connectivity index (χ4v) is 2.43. The Hall–Kier alpha value is -1.40. The minimum absolute atomic E-state index is 0.187. The molecule has 1 aromatic rings. The van der Waals surface area contributed by atoms with Crippen molar-refractivity contribution in [2.75, 3.05) is 13.1 Å². The Kier molecular flexibility index (Phi) is 4.22. The van der Waals surface area contributed by atoms with Gasteiger partial charge in [-0.1, -0.05) is 6.92 Å². The van der Waals surface area contributed by atoms with Crippen LogP contribution in [-0.2, 0) is 0 Å². The maximum absolute atomic E-state index is 13.3. The number of piperidine rings is 1. The molecule has 102 valence electrons. The number of benzene rings is 1. The Morgan fingerprint density at radius 3 is 2.84 bits per heavy atom. The van der Waals surface area contributed by atoms with Crippen molar-refractivity contribution in [1.29, 1.82) is 0 Å². The SMILES string of the molecule is CC1CCCN(C(=O)c2ccc(F)c(B(O)O)c2)C1. The lowest BCUT2D eigenvalue weighted by molar-refractivity contribution is 0.0683. The molecule has 2 rings (SSSR count). The topological polar surface area (TPSA) is 60.8 Å². The summed E-state index contributed by atoms with van der Waals surface area (Å²) < 4.78 is 13.3. The molecule has 0 aromatic heterocycles. The Bertz CT molecular complexity index is 481. The van der Waals surface area contributed by atoms with E-state index in [-0.39, 0.29) is 11.4 Å². The molecule has 0 bridgehead atoms. The molecule has 4 nitrogen and oxygen atoms in total. The number of rotatable bonds is 2. The molecule has 1 aromatic carbocycles. The summed E-state index contributed by atoms with van der Waals surface area (Å²) in [5.41, 5.74) is 0.0227. The van der Waals surface area contributed by atoms with Crippen LogP contribution in [0.5, 0.6) is 0 Å². The van der Waals surface area contributed by atoms with Gasteiger partial charge in [-0.2, -0.15) is 0 Å². The highest BCUT2D eigenvalue weighted by molar-refractivity contribution is 6.58. The second-order valence-electron chi connectivity index (χ2n) is 5.11. The van der Waals surface area contributed by atoms with Gasteiger partial charge >= 0.3 is 7.12 Å². The summed E-state index contributed by atoms with van der Waals surface area (Å²) in [6, 6.07) is 3.68. The fourth-order valence-electron chi connectivity index (χ4n) is 2.43. The van der Waals surface area contributed by atoms with Crippen LogP contribution in [0.2, 0.25) is 0 Å². The number of likely N-dealkylation sites (tertiary alicyclic amines) is 1.